The summed E-state index contributed by atoms with van der Waals surface area (Å²) in [7, 11) is 0. The number of aryl methyl sites for hydroxylation is 1. The first kappa shape index (κ1) is 16.5. The van der Waals surface area contributed by atoms with Gasteiger partial charge in [0, 0.05) is 6.42 Å². The van der Waals surface area contributed by atoms with Crippen LogP contribution < -0.4 is 10.9 Å². The Morgan fingerprint density at radius 1 is 1.12 bits per heavy atom. The number of oxime groups is 1. The summed E-state index contributed by atoms with van der Waals surface area (Å²) in [5.74, 6) is -1.33. The van der Waals surface area contributed by atoms with E-state index < -0.39 is 11.8 Å². The van der Waals surface area contributed by atoms with E-state index in [0.29, 0.717) is 6.42 Å². The highest BCUT2D eigenvalue weighted by Crippen LogP contribution is 2.26. The standard InChI is InChI=1S/C18H17N3O4/c1-11-7-8-13(15(22)9-11)17(23)19-20-18(24)14-10-16(25-21-14)12-5-3-2-4-6-12/h2-9,16,22H,10H2,1H3,(H,19,23)(H,20,24)/t16-/m1/s1. The number of hydrogen-bond acceptors (Lipinski definition) is 5. The van der Waals surface area contributed by atoms with Crippen molar-refractivity contribution in [3.05, 3.63) is 65.2 Å². The Labute approximate surface area is 144 Å². The fraction of sp³-hybridized carbons (Fsp3) is 0.167. The minimum Gasteiger partial charge on any atom is -0.507 e. The molecule has 2 amide bonds. The maximum atomic E-state index is 12.1. The SMILES string of the molecule is Cc1ccc(C(=O)NNC(=O)C2=NO[C@@H](c3ccccc3)C2)c(O)c1. The quantitative estimate of drug-likeness (QED) is 0.745. The fourth-order valence-corrected chi connectivity index (χ4v) is 2.44. The average molecular weight is 339 g/mol. The highest BCUT2D eigenvalue weighted by molar-refractivity contribution is 6.39. The molecule has 0 saturated carbocycles. The van der Waals surface area contributed by atoms with Crippen LogP contribution in [0.5, 0.6) is 5.75 Å². The number of benzene rings is 2. The van der Waals surface area contributed by atoms with Gasteiger partial charge >= 0.3 is 0 Å². The topological polar surface area (TPSA) is 100 Å². The van der Waals surface area contributed by atoms with E-state index in [1.807, 2.05) is 30.3 Å². The van der Waals surface area contributed by atoms with Crippen molar-refractivity contribution in [3.8, 4) is 5.75 Å². The average Bonchev–Trinajstić information content (AvgIpc) is 3.10. The van der Waals surface area contributed by atoms with Crippen molar-refractivity contribution >= 4 is 17.5 Å². The molecule has 1 aliphatic heterocycles. The first-order chi connectivity index (χ1) is 12.0. The molecule has 3 N–H and O–H groups in total. The molecule has 25 heavy (non-hydrogen) atoms. The van der Waals surface area contributed by atoms with E-state index >= 15 is 0 Å². The van der Waals surface area contributed by atoms with Crippen LogP contribution in [0.25, 0.3) is 0 Å². The van der Waals surface area contributed by atoms with Crippen LogP contribution in [0.2, 0.25) is 0 Å². The molecule has 0 aliphatic carbocycles. The van der Waals surface area contributed by atoms with Crippen molar-refractivity contribution in [1.82, 2.24) is 10.9 Å². The van der Waals surface area contributed by atoms with Gasteiger partial charge in [0.05, 0.1) is 5.56 Å². The number of nitrogens with one attached hydrogen (secondary N) is 2. The maximum absolute atomic E-state index is 12.1. The molecule has 128 valence electrons. The second-order valence-electron chi connectivity index (χ2n) is 5.68. The Hall–Kier alpha value is -3.35. The van der Waals surface area contributed by atoms with Gasteiger partial charge in [-0.05, 0) is 30.2 Å². The van der Waals surface area contributed by atoms with Crippen LogP contribution >= 0.6 is 0 Å². The van der Waals surface area contributed by atoms with Crippen LogP contribution in [-0.2, 0) is 9.63 Å². The number of aromatic hydroxyl groups is 1. The molecule has 3 rings (SSSR count). The predicted octanol–water partition coefficient (Wildman–Crippen LogP) is 1.98. The molecule has 7 nitrogen and oxygen atoms in total. The molecule has 1 aliphatic rings. The molecule has 7 heteroatoms. The summed E-state index contributed by atoms with van der Waals surface area (Å²) in [5.41, 5.74) is 6.52. The van der Waals surface area contributed by atoms with Gasteiger partial charge in [0.2, 0.25) is 0 Å². The number of hydrazine groups is 1. The number of hydrogen-bond donors (Lipinski definition) is 3. The molecule has 0 saturated heterocycles. The highest BCUT2D eigenvalue weighted by Gasteiger charge is 2.27. The zero-order valence-electron chi connectivity index (χ0n) is 13.5. The summed E-state index contributed by atoms with van der Waals surface area (Å²) < 4.78 is 0. The lowest BCUT2D eigenvalue weighted by Gasteiger charge is -2.09. The van der Waals surface area contributed by atoms with Crippen molar-refractivity contribution in [2.45, 2.75) is 19.4 Å². The molecular formula is C18H17N3O4. The number of phenolic OH excluding ortho intramolecular Hbond substituents is 1. The van der Waals surface area contributed by atoms with Crippen LogP contribution in [0.15, 0.2) is 53.7 Å². The van der Waals surface area contributed by atoms with Crippen LogP contribution in [0.3, 0.4) is 0 Å². The number of amides is 2. The van der Waals surface area contributed by atoms with Gasteiger partial charge in [0.1, 0.15) is 5.75 Å². The molecule has 0 aromatic heterocycles. The second-order valence-corrected chi connectivity index (χ2v) is 5.68. The Morgan fingerprint density at radius 3 is 2.56 bits per heavy atom. The summed E-state index contributed by atoms with van der Waals surface area (Å²) in [6, 6.07) is 14.1. The van der Waals surface area contributed by atoms with Gasteiger partial charge < -0.3 is 9.94 Å². The lowest BCUT2D eigenvalue weighted by Crippen LogP contribution is -2.44. The number of rotatable bonds is 3. The third-order valence-electron chi connectivity index (χ3n) is 3.79. The molecule has 2 aromatic carbocycles. The summed E-state index contributed by atoms with van der Waals surface area (Å²) >= 11 is 0. The van der Waals surface area contributed by atoms with E-state index in [4.69, 9.17) is 4.84 Å². The molecule has 0 bridgehead atoms. The third kappa shape index (κ3) is 3.77. The van der Waals surface area contributed by atoms with Gasteiger partial charge in [-0.2, -0.15) is 0 Å². The molecule has 0 fully saturated rings. The molecule has 0 radical (unpaired) electrons. The van der Waals surface area contributed by atoms with E-state index in [9.17, 15) is 14.7 Å². The zero-order chi connectivity index (χ0) is 17.8. The number of nitrogens with zero attached hydrogens (tertiary/aromatic N) is 1. The third-order valence-corrected chi connectivity index (χ3v) is 3.79. The largest absolute Gasteiger partial charge is 0.507 e. The zero-order valence-corrected chi connectivity index (χ0v) is 13.5. The van der Waals surface area contributed by atoms with E-state index in [-0.39, 0.29) is 23.1 Å². The monoisotopic (exact) mass is 339 g/mol. The smallest absolute Gasteiger partial charge is 0.287 e. The molecule has 1 heterocycles. The van der Waals surface area contributed by atoms with Gasteiger partial charge in [-0.1, -0.05) is 41.6 Å². The Bertz CT molecular complexity index is 833. The molecule has 2 aromatic rings. The molecule has 0 unspecified atom stereocenters. The van der Waals surface area contributed by atoms with Gasteiger partial charge in [-0.3, -0.25) is 20.4 Å². The minimum absolute atomic E-state index is 0.0673. The van der Waals surface area contributed by atoms with E-state index in [2.05, 4.69) is 16.0 Å². The van der Waals surface area contributed by atoms with E-state index in [1.54, 1.807) is 13.0 Å². The second kappa shape index (κ2) is 7.04. The van der Waals surface area contributed by atoms with Crippen LogP contribution in [-0.4, -0.2) is 22.6 Å². The minimum atomic E-state index is -0.620. The Balaban J connectivity index is 1.55. The summed E-state index contributed by atoms with van der Waals surface area (Å²) in [5, 5.41) is 13.6. The van der Waals surface area contributed by atoms with Gasteiger partial charge in [-0.25, -0.2) is 0 Å². The summed E-state index contributed by atoms with van der Waals surface area (Å²) in [6.07, 6.45) is -0.0135. The fourth-order valence-electron chi connectivity index (χ4n) is 2.44. The van der Waals surface area contributed by atoms with Crippen molar-refractivity contribution in [2.75, 3.05) is 0 Å². The van der Waals surface area contributed by atoms with Gasteiger partial charge in [-0.15, -0.1) is 0 Å². The number of phenols is 1. The molecule has 0 spiro atoms. The first-order valence-corrected chi connectivity index (χ1v) is 7.72. The highest BCUT2D eigenvalue weighted by atomic mass is 16.6. The van der Waals surface area contributed by atoms with Crippen molar-refractivity contribution in [3.63, 3.8) is 0 Å². The predicted molar refractivity (Wildman–Crippen MR) is 90.8 cm³/mol. The normalized spacial score (nSPS) is 15.9. The maximum Gasteiger partial charge on any atom is 0.287 e. The summed E-state index contributed by atoms with van der Waals surface area (Å²) in [4.78, 5) is 29.4. The Kier molecular flexibility index (Phi) is 4.65. The molecular weight excluding hydrogens is 322 g/mol. The van der Waals surface area contributed by atoms with Gasteiger partial charge in [0.25, 0.3) is 11.8 Å². The van der Waals surface area contributed by atoms with Crippen molar-refractivity contribution in [1.29, 1.82) is 0 Å². The lowest BCUT2D eigenvalue weighted by molar-refractivity contribution is -0.115. The molecule has 1 atom stereocenters. The van der Waals surface area contributed by atoms with Crippen LogP contribution in [0.4, 0.5) is 0 Å². The first-order valence-electron chi connectivity index (χ1n) is 7.72. The van der Waals surface area contributed by atoms with Crippen molar-refractivity contribution < 1.29 is 19.5 Å². The summed E-state index contributed by atoms with van der Waals surface area (Å²) in [6.45, 7) is 1.80. The van der Waals surface area contributed by atoms with E-state index in [0.717, 1.165) is 11.1 Å². The van der Waals surface area contributed by atoms with Gasteiger partial charge in [0.15, 0.2) is 11.8 Å². The van der Waals surface area contributed by atoms with Crippen molar-refractivity contribution in [2.24, 2.45) is 5.16 Å². The number of carbonyl (C=O) groups excluding carboxylic acids is 2. The Morgan fingerprint density at radius 2 is 1.84 bits per heavy atom. The van der Waals surface area contributed by atoms with E-state index in [1.165, 1.54) is 12.1 Å². The number of carbonyl (C=O) groups is 2. The van der Waals surface area contributed by atoms with Crippen LogP contribution in [0.1, 0.15) is 34.0 Å². The van der Waals surface area contributed by atoms with Crippen LogP contribution in [0, 0.1) is 6.92 Å². The lowest BCUT2D eigenvalue weighted by atomic mass is 10.0.